The standard InChI is InChI=1S/C15H26BrN3O/c1-5-7-17-9-13-8-14(16)10-18-15(13)19(6-2)12(3)11-20-4/h8,10,12,17H,5-7,9,11H2,1-4H3. The van der Waals surface area contributed by atoms with Crippen molar-refractivity contribution in [1.29, 1.82) is 0 Å². The van der Waals surface area contributed by atoms with Gasteiger partial charge >= 0.3 is 0 Å². The summed E-state index contributed by atoms with van der Waals surface area (Å²) in [6.45, 7) is 9.97. The van der Waals surface area contributed by atoms with Crippen molar-refractivity contribution in [1.82, 2.24) is 10.3 Å². The lowest BCUT2D eigenvalue weighted by Crippen LogP contribution is -2.37. The van der Waals surface area contributed by atoms with E-state index in [9.17, 15) is 0 Å². The molecule has 0 saturated carbocycles. The predicted octanol–water partition coefficient (Wildman–Crippen LogP) is 3.20. The average Bonchev–Trinajstić information content (AvgIpc) is 2.42. The van der Waals surface area contributed by atoms with Gasteiger partial charge in [-0.1, -0.05) is 6.92 Å². The molecule has 20 heavy (non-hydrogen) atoms. The van der Waals surface area contributed by atoms with Crippen LogP contribution in [0.1, 0.15) is 32.8 Å². The predicted molar refractivity (Wildman–Crippen MR) is 88.3 cm³/mol. The molecule has 1 rings (SSSR count). The third-order valence-electron chi connectivity index (χ3n) is 3.20. The molecule has 4 nitrogen and oxygen atoms in total. The quantitative estimate of drug-likeness (QED) is 0.698. The Labute approximate surface area is 131 Å². The number of nitrogens with zero attached hydrogens (tertiary/aromatic N) is 2. The number of aromatic nitrogens is 1. The molecule has 0 aliphatic carbocycles. The van der Waals surface area contributed by atoms with Crippen LogP contribution in [-0.2, 0) is 11.3 Å². The molecule has 5 heteroatoms. The highest BCUT2D eigenvalue weighted by molar-refractivity contribution is 9.10. The van der Waals surface area contributed by atoms with Crippen molar-refractivity contribution in [2.45, 2.75) is 39.8 Å². The maximum atomic E-state index is 5.28. The third kappa shape index (κ3) is 5.04. The SMILES string of the molecule is CCCNCc1cc(Br)cnc1N(CC)C(C)COC. The zero-order valence-electron chi connectivity index (χ0n) is 12.9. The van der Waals surface area contributed by atoms with Crippen molar-refractivity contribution < 1.29 is 4.74 Å². The molecular formula is C15H26BrN3O. The first-order valence-electron chi connectivity index (χ1n) is 7.24. The molecule has 0 spiro atoms. The zero-order valence-corrected chi connectivity index (χ0v) is 14.5. The van der Waals surface area contributed by atoms with Crippen LogP contribution < -0.4 is 10.2 Å². The van der Waals surface area contributed by atoms with Crippen LogP contribution in [-0.4, -0.2) is 37.8 Å². The van der Waals surface area contributed by atoms with Crippen molar-refractivity contribution in [2.75, 3.05) is 31.7 Å². The summed E-state index contributed by atoms with van der Waals surface area (Å²) < 4.78 is 6.29. The van der Waals surface area contributed by atoms with Crippen LogP contribution in [0.25, 0.3) is 0 Å². The van der Waals surface area contributed by atoms with Crippen molar-refractivity contribution in [3.8, 4) is 0 Å². The summed E-state index contributed by atoms with van der Waals surface area (Å²) >= 11 is 3.51. The smallest absolute Gasteiger partial charge is 0.133 e. The Balaban J connectivity index is 2.94. The first-order valence-corrected chi connectivity index (χ1v) is 8.04. The van der Waals surface area contributed by atoms with Crippen molar-refractivity contribution >= 4 is 21.7 Å². The number of ether oxygens (including phenoxy) is 1. The zero-order chi connectivity index (χ0) is 15.0. The fourth-order valence-corrected chi connectivity index (χ4v) is 2.64. The number of anilines is 1. The van der Waals surface area contributed by atoms with Crippen LogP contribution in [0.4, 0.5) is 5.82 Å². The number of methoxy groups -OCH3 is 1. The van der Waals surface area contributed by atoms with Gasteiger partial charge in [0.15, 0.2) is 0 Å². The number of nitrogens with one attached hydrogen (secondary N) is 1. The molecule has 1 unspecified atom stereocenters. The van der Waals surface area contributed by atoms with Gasteiger partial charge in [-0.15, -0.1) is 0 Å². The summed E-state index contributed by atoms with van der Waals surface area (Å²) in [7, 11) is 1.74. The van der Waals surface area contributed by atoms with Gasteiger partial charge in [-0.3, -0.25) is 0 Å². The van der Waals surface area contributed by atoms with Gasteiger partial charge in [0.2, 0.25) is 0 Å². The van der Waals surface area contributed by atoms with Crippen LogP contribution in [0, 0.1) is 0 Å². The minimum Gasteiger partial charge on any atom is -0.383 e. The summed E-state index contributed by atoms with van der Waals surface area (Å²) in [6, 6.07) is 2.45. The maximum absolute atomic E-state index is 5.28. The minimum absolute atomic E-state index is 0.309. The van der Waals surface area contributed by atoms with Crippen LogP contribution in [0.3, 0.4) is 0 Å². The van der Waals surface area contributed by atoms with Crippen LogP contribution in [0.15, 0.2) is 16.7 Å². The van der Waals surface area contributed by atoms with Gasteiger partial charge in [-0.05, 0) is 48.8 Å². The van der Waals surface area contributed by atoms with E-state index in [0.717, 1.165) is 36.3 Å². The van der Waals surface area contributed by atoms with Gasteiger partial charge in [0.25, 0.3) is 0 Å². The molecule has 114 valence electrons. The maximum Gasteiger partial charge on any atom is 0.133 e. The van der Waals surface area contributed by atoms with Gasteiger partial charge < -0.3 is 15.0 Å². The van der Waals surface area contributed by atoms with Crippen molar-refractivity contribution in [3.63, 3.8) is 0 Å². The van der Waals surface area contributed by atoms with Crippen LogP contribution in [0.5, 0.6) is 0 Å². The number of halogens is 1. The fraction of sp³-hybridized carbons (Fsp3) is 0.667. The molecular weight excluding hydrogens is 318 g/mol. The summed E-state index contributed by atoms with van der Waals surface area (Å²) in [5, 5.41) is 3.45. The molecule has 1 aromatic heterocycles. The molecule has 0 aliphatic heterocycles. The lowest BCUT2D eigenvalue weighted by Gasteiger charge is -2.30. The van der Waals surface area contributed by atoms with E-state index < -0.39 is 0 Å². The van der Waals surface area contributed by atoms with Crippen LogP contribution >= 0.6 is 15.9 Å². The molecule has 1 aromatic rings. The number of pyridine rings is 1. The highest BCUT2D eigenvalue weighted by Crippen LogP contribution is 2.23. The third-order valence-corrected chi connectivity index (χ3v) is 3.64. The molecule has 0 bridgehead atoms. The first-order chi connectivity index (χ1) is 9.63. The first kappa shape index (κ1) is 17.4. The Kier molecular flexibility index (Phi) is 8.11. The molecule has 0 saturated heterocycles. The Morgan fingerprint density at radius 2 is 2.20 bits per heavy atom. The van der Waals surface area contributed by atoms with Gasteiger partial charge in [0.1, 0.15) is 5.82 Å². The summed E-state index contributed by atoms with van der Waals surface area (Å²) in [5.41, 5.74) is 1.22. The van der Waals surface area contributed by atoms with E-state index in [4.69, 9.17) is 4.74 Å². The molecule has 0 radical (unpaired) electrons. The second-order valence-corrected chi connectivity index (χ2v) is 5.82. The number of hydrogen-bond acceptors (Lipinski definition) is 4. The lowest BCUT2D eigenvalue weighted by molar-refractivity contribution is 0.181. The van der Waals surface area contributed by atoms with E-state index >= 15 is 0 Å². The highest BCUT2D eigenvalue weighted by Gasteiger charge is 2.17. The molecule has 0 aliphatic rings. The van der Waals surface area contributed by atoms with Gasteiger partial charge in [-0.25, -0.2) is 4.98 Å². The monoisotopic (exact) mass is 343 g/mol. The van der Waals surface area contributed by atoms with E-state index in [0.29, 0.717) is 12.6 Å². The van der Waals surface area contributed by atoms with Crippen molar-refractivity contribution in [3.05, 3.63) is 22.3 Å². The number of hydrogen-bond donors (Lipinski definition) is 1. The lowest BCUT2D eigenvalue weighted by atomic mass is 10.2. The molecule has 0 amide bonds. The molecule has 1 atom stereocenters. The Hall–Kier alpha value is -0.650. The van der Waals surface area contributed by atoms with Crippen molar-refractivity contribution in [2.24, 2.45) is 0 Å². The van der Waals surface area contributed by atoms with E-state index in [1.807, 2.05) is 6.20 Å². The van der Waals surface area contributed by atoms with E-state index in [1.165, 1.54) is 5.56 Å². The molecule has 0 fully saturated rings. The average molecular weight is 344 g/mol. The second-order valence-electron chi connectivity index (χ2n) is 4.90. The van der Waals surface area contributed by atoms with E-state index in [1.54, 1.807) is 7.11 Å². The summed E-state index contributed by atoms with van der Waals surface area (Å²) in [6.07, 6.45) is 3.00. The fourth-order valence-electron chi connectivity index (χ4n) is 2.26. The van der Waals surface area contributed by atoms with Crippen LogP contribution in [0.2, 0.25) is 0 Å². The summed E-state index contributed by atoms with van der Waals surface area (Å²) in [4.78, 5) is 6.91. The molecule has 1 N–H and O–H groups in total. The van der Waals surface area contributed by atoms with E-state index in [2.05, 4.69) is 58.0 Å². The highest BCUT2D eigenvalue weighted by atomic mass is 79.9. The Bertz CT molecular complexity index is 401. The number of likely N-dealkylation sites (N-methyl/N-ethyl adjacent to an activating group) is 1. The Morgan fingerprint density at radius 1 is 1.45 bits per heavy atom. The van der Waals surface area contributed by atoms with E-state index in [-0.39, 0.29) is 0 Å². The molecule has 0 aromatic carbocycles. The molecule has 1 heterocycles. The summed E-state index contributed by atoms with van der Waals surface area (Å²) in [5.74, 6) is 1.05. The second kappa shape index (κ2) is 9.32. The van der Waals surface area contributed by atoms with Gasteiger partial charge in [-0.2, -0.15) is 0 Å². The topological polar surface area (TPSA) is 37.4 Å². The minimum atomic E-state index is 0.309. The Morgan fingerprint density at radius 3 is 2.80 bits per heavy atom. The van der Waals surface area contributed by atoms with Gasteiger partial charge in [0.05, 0.1) is 12.6 Å². The van der Waals surface area contributed by atoms with Gasteiger partial charge in [0, 0.05) is 36.4 Å². The normalized spacial score (nSPS) is 12.4. The number of rotatable bonds is 9. The largest absolute Gasteiger partial charge is 0.383 e.